The summed E-state index contributed by atoms with van der Waals surface area (Å²) in [5, 5.41) is 1.19. The Morgan fingerprint density at radius 3 is 3.04 bits per heavy atom. The number of benzene rings is 1. The first-order chi connectivity index (χ1) is 13.1. The van der Waals surface area contributed by atoms with Crippen LogP contribution in [0.1, 0.15) is 12.5 Å². The summed E-state index contributed by atoms with van der Waals surface area (Å²) in [5.41, 5.74) is 2.34. The minimum absolute atomic E-state index is 0.0339. The first-order valence-electron chi connectivity index (χ1n) is 8.42. The summed E-state index contributed by atoms with van der Waals surface area (Å²) in [4.78, 5) is 26.1. The number of carbonyl (C=O) groups excluding carboxylic acids is 1. The highest BCUT2D eigenvalue weighted by Gasteiger charge is 2.17. The largest absolute Gasteiger partial charge is 0.454 e. The zero-order valence-electron chi connectivity index (χ0n) is 14.6. The number of thioether (sulfide) groups is 1. The van der Waals surface area contributed by atoms with Crippen molar-refractivity contribution >= 4 is 40.4 Å². The van der Waals surface area contributed by atoms with Gasteiger partial charge in [-0.2, -0.15) is 0 Å². The Labute approximate surface area is 165 Å². The van der Waals surface area contributed by atoms with Crippen LogP contribution in [0.3, 0.4) is 0 Å². The highest BCUT2D eigenvalue weighted by molar-refractivity contribution is 7.99. The van der Waals surface area contributed by atoms with Crippen LogP contribution in [-0.4, -0.2) is 44.8 Å². The standard InChI is InChI=1S/C18H17ClN4O3S/c1-2-23(8-11-3-4-14-15(5-11)26-10-25-14)16(24)9-27-18-21-13-6-12(19)7-20-17(13)22-18/h3-7H,2,8-10H2,1H3,(H,20,21,22). The molecule has 0 saturated heterocycles. The minimum atomic E-state index is 0.0339. The van der Waals surface area contributed by atoms with Gasteiger partial charge in [-0.05, 0) is 30.7 Å². The monoisotopic (exact) mass is 404 g/mol. The molecule has 4 rings (SSSR count). The molecule has 0 radical (unpaired) electrons. The van der Waals surface area contributed by atoms with Crippen molar-refractivity contribution in [3.63, 3.8) is 0 Å². The number of nitrogens with zero attached hydrogens (tertiary/aromatic N) is 3. The fourth-order valence-corrected chi connectivity index (χ4v) is 3.71. The number of imidazole rings is 1. The highest BCUT2D eigenvalue weighted by Crippen LogP contribution is 2.32. The lowest BCUT2D eigenvalue weighted by molar-refractivity contribution is -0.128. The Balaban J connectivity index is 1.39. The Kier molecular flexibility index (Phi) is 5.09. The molecular weight excluding hydrogens is 388 g/mol. The van der Waals surface area contributed by atoms with Gasteiger partial charge in [0.05, 0.1) is 16.3 Å². The van der Waals surface area contributed by atoms with Crippen LogP contribution in [0.5, 0.6) is 11.5 Å². The molecule has 1 aromatic carbocycles. The van der Waals surface area contributed by atoms with E-state index in [2.05, 4.69) is 15.0 Å². The molecular formula is C18H17ClN4O3S. The van der Waals surface area contributed by atoms with Crippen molar-refractivity contribution in [3.05, 3.63) is 41.0 Å². The molecule has 9 heteroatoms. The van der Waals surface area contributed by atoms with Gasteiger partial charge in [0.2, 0.25) is 12.7 Å². The molecule has 0 fully saturated rings. The third-order valence-electron chi connectivity index (χ3n) is 4.16. The number of carbonyl (C=O) groups is 1. The first-order valence-corrected chi connectivity index (χ1v) is 9.79. The predicted octanol–water partition coefficient (Wildman–Crippen LogP) is 3.48. The number of pyridine rings is 1. The molecule has 3 heterocycles. The van der Waals surface area contributed by atoms with Crippen molar-refractivity contribution in [3.8, 4) is 11.5 Å². The second-order valence-electron chi connectivity index (χ2n) is 5.95. The molecule has 0 saturated carbocycles. The van der Waals surface area contributed by atoms with E-state index in [1.54, 1.807) is 17.2 Å². The van der Waals surface area contributed by atoms with Crippen LogP contribution in [0.2, 0.25) is 5.02 Å². The molecule has 2 aromatic heterocycles. The number of H-pyrrole nitrogens is 1. The third-order valence-corrected chi connectivity index (χ3v) is 5.22. The number of aromatic amines is 1. The van der Waals surface area contributed by atoms with E-state index in [9.17, 15) is 4.79 Å². The van der Waals surface area contributed by atoms with E-state index in [1.165, 1.54) is 11.8 Å². The quantitative estimate of drug-likeness (QED) is 0.633. The number of ether oxygens (including phenoxy) is 2. The molecule has 0 unspecified atom stereocenters. The molecule has 0 atom stereocenters. The molecule has 0 spiro atoms. The summed E-state index contributed by atoms with van der Waals surface area (Å²) in [6.45, 7) is 3.33. The first kappa shape index (κ1) is 17.9. The molecule has 140 valence electrons. The highest BCUT2D eigenvalue weighted by atomic mass is 35.5. The van der Waals surface area contributed by atoms with Gasteiger partial charge in [-0.1, -0.05) is 29.4 Å². The third kappa shape index (κ3) is 3.96. The van der Waals surface area contributed by atoms with Gasteiger partial charge in [-0.3, -0.25) is 4.79 Å². The van der Waals surface area contributed by atoms with E-state index in [0.717, 1.165) is 22.6 Å². The zero-order chi connectivity index (χ0) is 18.8. The summed E-state index contributed by atoms with van der Waals surface area (Å²) in [6, 6.07) is 7.50. The maximum atomic E-state index is 12.6. The smallest absolute Gasteiger partial charge is 0.233 e. The molecule has 0 aliphatic carbocycles. The second kappa shape index (κ2) is 7.66. The van der Waals surface area contributed by atoms with Crippen LogP contribution in [0.25, 0.3) is 11.2 Å². The van der Waals surface area contributed by atoms with Gasteiger partial charge in [-0.25, -0.2) is 9.97 Å². The SMILES string of the molecule is CCN(Cc1ccc2c(c1)OCO2)C(=O)CSc1nc2ncc(Cl)cc2[nH]1. The Morgan fingerprint density at radius 2 is 2.19 bits per heavy atom. The molecule has 27 heavy (non-hydrogen) atoms. The fourth-order valence-electron chi connectivity index (χ4n) is 2.78. The van der Waals surface area contributed by atoms with Crippen molar-refractivity contribution in [1.82, 2.24) is 19.9 Å². The van der Waals surface area contributed by atoms with Crippen LogP contribution in [0.15, 0.2) is 35.6 Å². The van der Waals surface area contributed by atoms with Crippen molar-refractivity contribution < 1.29 is 14.3 Å². The van der Waals surface area contributed by atoms with Gasteiger partial charge < -0.3 is 19.4 Å². The predicted molar refractivity (Wildman–Crippen MR) is 103 cm³/mol. The zero-order valence-corrected chi connectivity index (χ0v) is 16.1. The molecule has 1 amide bonds. The lowest BCUT2D eigenvalue weighted by Gasteiger charge is -2.20. The average Bonchev–Trinajstić information content (AvgIpc) is 3.29. The van der Waals surface area contributed by atoms with E-state index in [1.807, 2.05) is 25.1 Å². The van der Waals surface area contributed by atoms with Crippen molar-refractivity contribution in [2.24, 2.45) is 0 Å². The Morgan fingerprint density at radius 1 is 1.33 bits per heavy atom. The summed E-state index contributed by atoms with van der Waals surface area (Å²) in [7, 11) is 0. The molecule has 1 aliphatic heterocycles. The van der Waals surface area contributed by atoms with E-state index in [-0.39, 0.29) is 18.5 Å². The second-order valence-corrected chi connectivity index (χ2v) is 7.35. The number of nitrogens with one attached hydrogen (secondary N) is 1. The van der Waals surface area contributed by atoms with E-state index in [4.69, 9.17) is 21.1 Å². The van der Waals surface area contributed by atoms with E-state index >= 15 is 0 Å². The van der Waals surface area contributed by atoms with Gasteiger partial charge in [-0.15, -0.1) is 0 Å². The lowest BCUT2D eigenvalue weighted by atomic mass is 10.2. The summed E-state index contributed by atoms with van der Waals surface area (Å²) < 4.78 is 10.7. The lowest BCUT2D eigenvalue weighted by Crippen LogP contribution is -2.31. The number of fused-ring (bicyclic) bond motifs is 2. The van der Waals surface area contributed by atoms with Gasteiger partial charge in [0.1, 0.15) is 0 Å². The number of hydrogen-bond acceptors (Lipinski definition) is 6. The fraction of sp³-hybridized carbons (Fsp3) is 0.278. The molecule has 1 N–H and O–H groups in total. The van der Waals surface area contributed by atoms with Crippen LogP contribution >= 0.6 is 23.4 Å². The van der Waals surface area contributed by atoms with Crippen LogP contribution in [0.4, 0.5) is 0 Å². The summed E-state index contributed by atoms with van der Waals surface area (Å²) in [6.07, 6.45) is 1.55. The van der Waals surface area contributed by atoms with E-state index in [0.29, 0.717) is 28.9 Å². The topological polar surface area (TPSA) is 80.3 Å². The molecule has 0 bridgehead atoms. The summed E-state index contributed by atoms with van der Waals surface area (Å²) >= 11 is 7.28. The average molecular weight is 405 g/mol. The van der Waals surface area contributed by atoms with Crippen molar-refractivity contribution in [2.75, 3.05) is 19.1 Å². The summed E-state index contributed by atoms with van der Waals surface area (Å²) in [5.74, 6) is 1.78. The number of amides is 1. The maximum absolute atomic E-state index is 12.6. The maximum Gasteiger partial charge on any atom is 0.233 e. The van der Waals surface area contributed by atoms with Crippen molar-refractivity contribution in [2.45, 2.75) is 18.6 Å². The Bertz CT molecular complexity index is 994. The van der Waals surface area contributed by atoms with Gasteiger partial charge >= 0.3 is 0 Å². The number of hydrogen-bond donors (Lipinski definition) is 1. The Hall–Kier alpha value is -2.45. The molecule has 7 nitrogen and oxygen atoms in total. The van der Waals surface area contributed by atoms with Crippen molar-refractivity contribution in [1.29, 1.82) is 0 Å². The van der Waals surface area contributed by atoms with E-state index < -0.39 is 0 Å². The number of halogens is 1. The number of aromatic nitrogens is 3. The number of rotatable bonds is 6. The van der Waals surface area contributed by atoms with Crippen LogP contribution in [0, 0.1) is 0 Å². The van der Waals surface area contributed by atoms with Crippen LogP contribution in [-0.2, 0) is 11.3 Å². The molecule has 3 aromatic rings. The molecule has 1 aliphatic rings. The van der Waals surface area contributed by atoms with Crippen LogP contribution < -0.4 is 9.47 Å². The van der Waals surface area contributed by atoms with Gasteiger partial charge in [0.15, 0.2) is 22.3 Å². The van der Waals surface area contributed by atoms with Gasteiger partial charge in [0.25, 0.3) is 0 Å². The van der Waals surface area contributed by atoms with Gasteiger partial charge in [0, 0.05) is 19.3 Å². The minimum Gasteiger partial charge on any atom is -0.454 e. The normalized spacial score (nSPS) is 12.5.